The Morgan fingerprint density at radius 2 is 2.00 bits per heavy atom. The van der Waals surface area contributed by atoms with Gasteiger partial charge in [0.05, 0.1) is 29.3 Å². The van der Waals surface area contributed by atoms with Gasteiger partial charge in [-0.1, -0.05) is 11.6 Å². The lowest BCUT2D eigenvalue weighted by atomic mass is 9.95. The second-order valence-corrected chi connectivity index (χ2v) is 10.0. The van der Waals surface area contributed by atoms with Crippen LogP contribution >= 0.6 is 11.6 Å². The number of hydrogen-bond acceptors (Lipinski definition) is 4. The van der Waals surface area contributed by atoms with E-state index in [-0.39, 0.29) is 41.7 Å². The van der Waals surface area contributed by atoms with E-state index in [1.807, 2.05) is 0 Å². The fourth-order valence-corrected chi connectivity index (χ4v) is 5.50. The zero-order chi connectivity index (χ0) is 25.9. The lowest BCUT2D eigenvalue weighted by molar-refractivity contribution is 0.0849. The number of fused-ring (bicyclic) bond motifs is 4. The highest BCUT2D eigenvalue weighted by Gasteiger charge is 2.57. The zero-order valence-corrected chi connectivity index (χ0v) is 20.1. The molecule has 3 atom stereocenters. The number of carbonyl (C=O) groups is 1. The minimum atomic E-state index is -2.67. The number of benzene rings is 1. The molecule has 6 rings (SSSR count). The van der Waals surface area contributed by atoms with Crippen LogP contribution in [-0.4, -0.2) is 39.5 Å². The molecule has 1 N–H and O–H groups in total. The summed E-state index contributed by atoms with van der Waals surface area (Å²) in [5.74, 6) is -4.49. The number of anilines is 1. The zero-order valence-electron chi connectivity index (χ0n) is 19.4. The maximum absolute atomic E-state index is 15.0. The second-order valence-electron chi connectivity index (χ2n) is 9.63. The van der Waals surface area contributed by atoms with E-state index in [0.717, 1.165) is 5.56 Å². The van der Waals surface area contributed by atoms with Crippen LogP contribution in [-0.2, 0) is 6.42 Å². The molecule has 1 aliphatic carbocycles. The maximum atomic E-state index is 15.0. The Labute approximate surface area is 214 Å². The van der Waals surface area contributed by atoms with E-state index in [4.69, 9.17) is 16.3 Å². The van der Waals surface area contributed by atoms with Crippen LogP contribution in [0.15, 0.2) is 42.7 Å². The van der Waals surface area contributed by atoms with E-state index in [0.29, 0.717) is 36.0 Å². The first-order chi connectivity index (χ1) is 17.7. The first-order valence-electron chi connectivity index (χ1n) is 11.9. The van der Waals surface area contributed by atoms with Crippen molar-refractivity contribution in [3.05, 3.63) is 70.6 Å². The molecule has 0 radical (unpaired) electrons. The highest BCUT2D eigenvalue weighted by molar-refractivity contribution is 6.33. The summed E-state index contributed by atoms with van der Waals surface area (Å²) in [6.45, 7) is -0.126. The molecule has 1 saturated carbocycles. The number of pyridine rings is 2. The van der Waals surface area contributed by atoms with Gasteiger partial charge in [-0.25, -0.2) is 27.9 Å². The van der Waals surface area contributed by atoms with Gasteiger partial charge in [0, 0.05) is 47.6 Å². The van der Waals surface area contributed by atoms with Gasteiger partial charge in [0.1, 0.15) is 5.82 Å². The molecule has 2 aromatic heterocycles. The summed E-state index contributed by atoms with van der Waals surface area (Å²) in [7, 11) is 0. The van der Waals surface area contributed by atoms with Gasteiger partial charge in [-0.3, -0.25) is 0 Å². The molecule has 1 saturated heterocycles. The van der Waals surface area contributed by atoms with Crippen LogP contribution in [0, 0.1) is 17.7 Å². The van der Waals surface area contributed by atoms with Crippen LogP contribution in [0.25, 0.3) is 11.1 Å². The van der Waals surface area contributed by atoms with Crippen molar-refractivity contribution in [2.75, 3.05) is 11.9 Å². The van der Waals surface area contributed by atoms with E-state index in [1.165, 1.54) is 30.6 Å². The number of nitrogens with zero attached hydrogens (tertiary/aromatic N) is 3. The number of rotatable bonds is 5. The third-order valence-corrected chi connectivity index (χ3v) is 7.62. The maximum Gasteiger partial charge on any atom is 0.322 e. The predicted molar refractivity (Wildman–Crippen MR) is 128 cm³/mol. The Morgan fingerprint density at radius 1 is 1.19 bits per heavy atom. The fraction of sp³-hybridized carbons (Fsp3) is 0.346. The van der Waals surface area contributed by atoms with Crippen molar-refractivity contribution >= 4 is 23.3 Å². The molecule has 3 aromatic rings. The summed E-state index contributed by atoms with van der Waals surface area (Å²) in [5.41, 5.74) is 2.03. The normalized spacial score (nSPS) is 22.9. The molecule has 2 amide bonds. The molecule has 1 unspecified atom stereocenters. The highest BCUT2D eigenvalue weighted by Crippen LogP contribution is 2.48. The lowest BCUT2D eigenvalue weighted by Gasteiger charge is -2.36. The van der Waals surface area contributed by atoms with Crippen LogP contribution in [0.5, 0.6) is 5.88 Å². The summed E-state index contributed by atoms with van der Waals surface area (Å²) < 4.78 is 60.5. The quantitative estimate of drug-likeness (QED) is 0.305. The average Bonchev–Trinajstić information content (AvgIpc) is 3.36. The van der Waals surface area contributed by atoms with Crippen molar-refractivity contribution in [1.82, 2.24) is 14.9 Å². The van der Waals surface area contributed by atoms with Crippen molar-refractivity contribution in [3.8, 4) is 17.0 Å². The highest BCUT2D eigenvalue weighted by atomic mass is 35.5. The third kappa shape index (κ3) is 4.37. The molecule has 1 aromatic carbocycles. The van der Waals surface area contributed by atoms with Crippen molar-refractivity contribution in [3.63, 3.8) is 0 Å². The van der Waals surface area contributed by atoms with Gasteiger partial charge in [0.25, 0.3) is 5.92 Å². The van der Waals surface area contributed by atoms with Crippen molar-refractivity contribution < 1.29 is 27.1 Å². The minimum Gasteiger partial charge on any atom is -0.477 e. The van der Waals surface area contributed by atoms with Crippen molar-refractivity contribution in [1.29, 1.82) is 0 Å². The summed E-state index contributed by atoms with van der Waals surface area (Å²) in [6, 6.07) is 6.36. The second kappa shape index (κ2) is 8.86. The Morgan fingerprint density at radius 3 is 2.73 bits per heavy atom. The summed E-state index contributed by atoms with van der Waals surface area (Å²) >= 11 is 6.42. The summed E-state index contributed by atoms with van der Waals surface area (Å²) in [4.78, 5) is 22.6. The number of hydrogen-bond donors (Lipinski definition) is 1. The molecule has 0 spiro atoms. The van der Waals surface area contributed by atoms with Crippen LogP contribution in [0.4, 0.5) is 28.0 Å². The molecule has 2 bridgehead atoms. The molecule has 3 aliphatic rings. The Hall–Kier alpha value is -3.40. The largest absolute Gasteiger partial charge is 0.477 e. The van der Waals surface area contributed by atoms with Gasteiger partial charge in [0.15, 0.2) is 0 Å². The van der Waals surface area contributed by atoms with Crippen LogP contribution in [0.2, 0.25) is 5.02 Å². The van der Waals surface area contributed by atoms with Crippen molar-refractivity contribution in [2.45, 2.75) is 43.7 Å². The lowest BCUT2D eigenvalue weighted by Crippen LogP contribution is -2.44. The number of halogens is 5. The number of alkyl halides is 2. The number of amides is 2. The van der Waals surface area contributed by atoms with Crippen LogP contribution in [0.1, 0.15) is 36.4 Å². The smallest absolute Gasteiger partial charge is 0.322 e. The van der Waals surface area contributed by atoms with Gasteiger partial charge in [0.2, 0.25) is 11.8 Å². The monoisotopic (exact) mass is 532 g/mol. The van der Waals surface area contributed by atoms with Crippen LogP contribution < -0.4 is 10.1 Å². The predicted octanol–water partition coefficient (Wildman–Crippen LogP) is 6.40. The molecule has 2 aliphatic heterocycles. The van der Waals surface area contributed by atoms with E-state index < -0.39 is 29.6 Å². The first kappa shape index (κ1) is 24.0. The molecule has 37 heavy (non-hydrogen) atoms. The molecule has 11 heteroatoms. The Balaban J connectivity index is 1.16. The summed E-state index contributed by atoms with van der Waals surface area (Å²) in [5, 5.41) is 2.80. The number of urea groups is 1. The van der Waals surface area contributed by atoms with Crippen molar-refractivity contribution in [2.24, 2.45) is 5.92 Å². The van der Waals surface area contributed by atoms with E-state index in [1.54, 1.807) is 17.0 Å². The number of carbonyl (C=O) groups excluding carboxylic acids is 1. The topological polar surface area (TPSA) is 67.3 Å². The minimum absolute atomic E-state index is 0.0804. The number of ether oxygens (including phenoxy) is 1. The molecule has 192 valence electrons. The Bertz CT molecular complexity index is 1390. The van der Waals surface area contributed by atoms with Gasteiger partial charge in [-0.15, -0.1) is 0 Å². The van der Waals surface area contributed by atoms with Gasteiger partial charge in [-0.05, 0) is 49.1 Å². The van der Waals surface area contributed by atoms with E-state index >= 15 is 4.39 Å². The van der Waals surface area contributed by atoms with E-state index in [2.05, 4.69) is 15.3 Å². The fourth-order valence-electron chi connectivity index (χ4n) is 5.23. The SMILES string of the molecule is O=C(Nc1cc(Cl)c(-c2ccc(OCC3CC3(F)F)nc2)cc1F)N1[C@H]2CC[C@@H]1c1ccnc(F)c1C2. The standard InChI is InChI=1S/C26H21ClF4N4O2/c27-19-9-21(34-25(36)35-15-2-3-22(35)16-5-6-32-24(29)18(16)7-15)20(28)8-17(19)13-1-4-23(33-11-13)37-12-14-10-26(14,30)31/h1,4-6,8-9,11,14-15,22H,2-3,7,10,12H2,(H,34,36)/t14?,15-,22+/m0/s1. The van der Waals surface area contributed by atoms with Crippen LogP contribution in [0.3, 0.4) is 0 Å². The molecular weight excluding hydrogens is 512 g/mol. The molecule has 2 fully saturated rings. The van der Waals surface area contributed by atoms with Gasteiger partial charge >= 0.3 is 6.03 Å². The molecular formula is C26H21ClF4N4O2. The van der Waals surface area contributed by atoms with E-state index in [9.17, 15) is 18.0 Å². The molecule has 4 heterocycles. The Kier molecular flexibility index (Phi) is 5.74. The van der Waals surface area contributed by atoms with Gasteiger partial charge in [-0.2, -0.15) is 4.39 Å². The van der Waals surface area contributed by atoms with Gasteiger partial charge < -0.3 is 15.0 Å². The number of nitrogens with one attached hydrogen (secondary N) is 1. The average molecular weight is 533 g/mol. The number of aromatic nitrogens is 2. The molecule has 6 nitrogen and oxygen atoms in total. The third-order valence-electron chi connectivity index (χ3n) is 7.31. The first-order valence-corrected chi connectivity index (χ1v) is 12.3. The summed E-state index contributed by atoms with van der Waals surface area (Å²) in [6.07, 6.45) is 4.37.